The maximum absolute atomic E-state index is 12.1. The van der Waals surface area contributed by atoms with Crippen molar-refractivity contribution in [2.24, 2.45) is 4.99 Å². The number of H-pyrrole nitrogens is 1. The van der Waals surface area contributed by atoms with Crippen molar-refractivity contribution in [1.29, 1.82) is 0 Å². The second-order valence-electron chi connectivity index (χ2n) is 9.00. The zero-order valence-electron chi connectivity index (χ0n) is 20.6. The number of aromatic amines is 1. The number of nitrogens with one attached hydrogen (secondary N) is 1. The third-order valence-corrected chi connectivity index (χ3v) is 6.69. The van der Waals surface area contributed by atoms with Gasteiger partial charge in [0.25, 0.3) is 0 Å². The van der Waals surface area contributed by atoms with Crippen LogP contribution in [-0.2, 0) is 4.74 Å². The van der Waals surface area contributed by atoms with Gasteiger partial charge in [-0.15, -0.1) is 0 Å². The Morgan fingerprint density at radius 2 is 1.72 bits per heavy atom. The number of methoxy groups -OCH3 is 1. The zero-order valence-corrected chi connectivity index (χ0v) is 20.6. The van der Waals surface area contributed by atoms with Crippen LogP contribution in [0.3, 0.4) is 0 Å². The smallest absolute Gasteiger partial charge is 0.413 e. The standard InChI is InChI=1S/C29H30N4O3/c1-32(29(35)36-2)23-15-16-25-24(19-23)26(28(34)31-25)27(20-9-5-3-6-10-20)30-21-11-13-22(14-12-21)33-17-7-4-8-18-33/h3,5-6,9-16,19,31,34H,4,7-8,17-18H2,1-2H3. The van der Waals surface area contributed by atoms with Crippen LogP contribution in [0.2, 0.25) is 0 Å². The second-order valence-corrected chi connectivity index (χ2v) is 9.00. The van der Waals surface area contributed by atoms with Gasteiger partial charge < -0.3 is 19.7 Å². The van der Waals surface area contributed by atoms with Crippen molar-refractivity contribution in [1.82, 2.24) is 4.98 Å². The van der Waals surface area contributed by atoms with Gasteiger partial charge in [0.05, 0.1) is 24.1 Å². The van der Waals surface area contributed by atoms with Crippen molar-refractivity contribution in [3.8, 4) is 5.88 Å². The van der Waals surface area contributed by atoms with Crippen molar-refractivity contribution in [3.63, 3.8) is 0 Å². The van der Waals surface area contributed by atoms with Crippen molar-refractivity contribution in [2.75, 3.05) is 37.0 Å². The summed E-state index contributed by atoms with van der Waals surface area (Å²) in [5.41, 5.74) is 5.49. The molecule has 4 aromatic rings. The average molecular weight is 483 g/mol. The molecule has 7 nitrogen and oxygen atoms in total. The van der Waals surface area contributed by atoms with Crippen LogP contribution in [0.25, 0.3) is 10.9 Å². The largest absolute Gasteiger partial charge is 0.494 e. The highest BCUT2D eigenvalue weighted by molar-refractivity contribution is 6.22. The quantitative estimate of drug-likeness (QED) is 0.330. The molecule has 5 rings (SSSR count). The molecule has 0 unspecified atom stereocenters. The van der Waals surface area contributed by atoms with Gasteiger partial charge >= 0.3 is 6.09 Å². The van der Waals surface area contributed by atoms with Crippen molar-refractivity contribution >= 4 is 39.8 Å². The molecule has 2 heterocycles. The van der Waals surface area contributed by atoms with E-state index in [9.17, 15) is 9.90 Å². The number of aliphatic imine (C=N–C) groups is 1. The minimum absolute atomic E-state index is 0.0235. The van der Waals surface area contributed by atoms with Crippen molar-refractivity contribution < 1.29 is 14.6 Å². The van der Waals surface area contributed by atoms with Crippen LogP contribution in [0.5, 0.6) is 5.88 Å². The summed E-state index contributed by atoms with van der Waals surface area (Å²) in [6.07, 6.45) is 3.28. The molecule has 1 aromatic heterocycles. The Hall–Kier alpha value is -4.26. The molecule has 0 aliphatic carbocycles. The number of piperidine rings is 1. The molecule has 1 saturated heterocycles. The Morgan fingerprint density at radius 3 is 2.42 bits per heavy atom. The number of aromatic hydroxyl groups is 1. The van der Waals surface area contributed by atoms with Crippen LogP contribution in [0.15, 0.2) is 77.8 Å². The summed E-state index contributed by atoms with van der Waals surface area (Å²) in [5, 5.41) is 11.8. The van der Waals surface area contributed by atoms with E-state index in [-0.39, 0.29) is 5.88 Å². The number of aromatic nitrogens is 1. The number of nitrogens with zero attached hydrogens (tertiary/aromatic N) is 3. The third kappa shape index (κ3) is 4.64. The molecule has 1 aliphatic rings. The summed E-state index contributed by atoms with van der Waals surface area (Å²) < 4.78 is 4.87. The van der Waals surface area contributed by atoms with E-state index in [0.29, 0.717) is 17.0 Å². The summed E-state index contributed by atoms with van der Waals surface area (Å²) in [6.45, 7) is 2.17. The Labute approximate surface area is 210 Å². The monoisotopic (exact) mass is 482 g/mol. The highest BCUT2D eigenvalue weighted by Gasteiger charge is 2.21. The van der Waals surface area contributed by atoms with Gasteiger partial charge in [0.1, 0.15) is 0 Å². The first-order chi connectivity index (χ1) is 17.5. The number of amides is 1. The van der Waals surface area contributed by atoms with Crippen LogP contribution < -0.4 is 9.80 Å². The van der Waals surface area contributed by atoms with E-state index in [1.165, 1.54) is 37.0 Å². The van der Waals surface area contributed by atoms with E-state index in [4.69, 9.17) is 9.73 Å². The molecule has 7 heteroatoms. The van der Waals surface area contributed by atoms with Gasteiger partial charge in [-0.1, -0.05) is 30.3 Å². The number of ether oxygens (including phenoxy) is 1. The lowest BCUT2D eigenvalue weighted by atomic mass is 10.0. The van der Waals surface area contributed by atoms with Crippen LogP contribution >= 0.6 is 0 Å². The number of fused-ring (bicyclic) bond motifs is 1. The van der Waals surface area contributed by atoms with Gasteiger partial charge in [0, 0.05) is 48.0 Å². The second kappa shape index (κ2) is 10.2. The Morgan fingerprint density at radius 1 is 1.00 bits per heavy atom. The van der Waals surface area contributed by atoms with Crippen LogP contribution in [-0.4, -0.2) is 49.1 Å². The Bertz CT molecular complexity index is 1390. The summed E-state index contributed by atoms with van der Waals surface area (Å²) in [5.74, 6) is 0.0235. The predicted molar refractivity (Wildman–Crippen MR) is 145 cm³/mol. The number of carbonyl (C=O) groups excluding carboxylic acids is 1. The third-order valence-electron chi connectivity index (χ3n) is 6.69. The van der Waals surface area contributed by atoms with E-state index < -0.39 is 6.09 Å². The van der Waals surface area contributed by atoms with Gasteiger partial charge in [-0.25, -0.2) is 9.79 Å². The molecular weight excluding hydrogens is 452 g/mol. The van der Waals surface area contributed by atoms with Crippen molar-refractivity contribution in [2.45, 2.75) is 19.3 Å². The molecule has 0 saturated carbocycles. The zero-order chi connectivity index (χ0) is 25.1. The van der Waals surface area contributed by atoms with Gasteiger partial charge in [0.2, 0.25) is 0 Å². The molecule has 2 N–H and O–H groups in total. The van der Waals surface area contributed by atoms with Gasteiger partial charge in [0.15, 0.2) is 5.88 Å². The maximum Gasteiger partial charge on any atom is 0.413 e. The van der Waals surface area contributed by atoms with Crippen LogP contribution in [0.1, 0.15) is 30.4 Å². The molecule has 1 fully saturated rings. The lowest BCUT2D eigenvalue weighted by molar-refractivity contribution is 0.180. The minimum atomic E-state index is -0.471. The normalized spacial score (nSPS) is 14.2. The maximum atomic E-state index is 12.1. The number of anilines is 2. The van der Waals surface area contributed by atoms with Crippen LogP contribution in [0.4, 0.5) is 21.9 Å². The van der Waals surface area contributed by atoms with E-state index in [0.717, 1.165) is 35.2 Å². The minimum Gasteiger partial charge on any atom is -0.494 e. The van der Waals surface area contributed by atoms with Gasteiger partial charge in [-0.05, 0) is 61.7 Å². The first-order valence-corrected chi connectivity index (χ1v) is 12.2. The Kier molecular flexibility index (Phi) is 6.62. The molecule has 0 atom stereocenters. The average Bonchev–Trinajstić information content (AvgIpc) is 3.26. The van der Waals surface area contributed by atoms with Crippen molar-refractivity contribution in [3.05, 3.63) is 83.9 Å². The van der Waals surface area contributed by atoms with Crippen LogP contribution in [0, 0.1) is 0 Å². The first kappa shape index (κ1) is 23.5. The first-order valence-electron chi connectivity index (χ1n) is 12.2. The molecule has 0 spiro atoms. The Balaban J connectivity index is 1.60. The summed E-state index contributed by atoms with van der Waals surface area (Å²) in [7, 11) is 3.00. The molecule has 3 aromatic carbocycles. The SMILES string of the molecule is COC(=O)N(C)c1ccc2[nH]c(O)c(C(=Nc3ccc(N4CCCCC4)cc3)c3ccccc3)c2c1. The lowest BCUT2D eigenvalue weighted by Gasteiger charge is -2.28. The summed E-state index contributed by atoms with van der Waals surface area (Å²) in [4.78, 5) is 24.0. The fourth-order valence-corrected chi connectivity index (χ4v) is 4.74. The molecule has 0 bridgehead atoms. The van der Waals surface area contributed by atoms with Gasteiger partial charge in [-0.2, -0.15) is 0 Å². The fraction of sp³-hybridized carbons (Fsp3) is 0.241. The summed E-state index contributed by atoms with van der Waals surface area (Å²) in [6, 6.07) is 23.6. The number of benzene rings is 3. The highest BCUT2D eigenvalue weighted by Crippen LogP contribution is 2.34. The molecule has 184 valence electrons. The summed E-state index contributed by atoms with van der Waals surface area (Å²) >= 11 is 0. The van der Waals surface area contributed by atoms with E-state index >= 15 is 0 Å². The number of carbonyl (C=O) groups is 1. The number of hydrogen-bond acceptors (Lipinski definition) is 5. The molecule has 1 amide bonds. The lowest BCUT2D eigenvalue weighted by Crippen LogP contribution is -2.29. The van der Waals surface area contributed by atoms with E-state index in [1.54, 1.807) is 13.1 Å². The molecular formula is C29H30N4O3. The molecule has 0 radical (unpaired) electrons. The van der Waals surface area contributed by atoms with E-state index in [2.05, 4.69) is 22.0 Å². The molecule has 36 heavy (non-hydrogen) atoms. The molecule has 1 aliphatic heterocycles. The number of hydrogen-bond donors (Lipinski definition) is 2. The number of rotatable bonds is 5. The predicted octanol–water partition coefficient (Wildman–Crippen LogP) is 6.24. The van der Waals surface area contributed by atoms with Gasteiger partial charge in [-0.3, -0.25) is 4.90 Å². The highest BCUT2D eigenvalue weighted by atomic mass is 16.5. The van der Waals surface area contributed by atoms with E-state index in [1.807, 2.05) is 54.6 Å². The fourth-order valence-electron chi connectivity index (χ4n) is 4.74. The topological polar surface area (TPSA) is 81.2 Å².